The summed E-state index contributed by atoms with van der Waals surface area (Å²) in [6, 6.07) is 14.8. The van der Waals surface area contributed by atoms with Crippen molar-refractivity contribution in [1.82, 2.24) is 0 Å². The van der Waals surface area contributed by atoms with Crippen LogP contribution < -0.4 is 0 Å². The molecule has 0 saturated heterocycles. The summed E-state index contributed by atoms with van der Waals surface area (Å²) in [5.74, 6) is 0. The third-order valence-corrected chi connectivity index (χ3v) is 3.58. The third kappa shape index (κ3) is 5.35. The second-order valence-corrected chi connectivity index (χ2v) is 6.72. The van der Waals surface area contributed by atoms with E-state index in [1.54, 1.807) is 0 Å². The smallest absolute Gasteiger partial charge is 0.0727 e. The maximum atomic E-state index is 5.77. The Kier molecular flexibility index (Phi) is 5.58. The number of allylic oxidation sites excluding steroid dienone is 1. The van der Waals surface area contributed by atoms with E-state index in [1.807, 2.05) is 0 Å². The lowest BCUT2D eigenvalue weighted by molar-refractivity contribution is 0.149. The molecule has 0 radical (unpaired) electrons. The van der Waals surface area contributed by atoms with Gasteiger partial charge in [0, 0.05) is 0 Å². The standard InChI is InChI=1S/C20H26O/c1-20(2,3)14-7-4-8-15-21-16-18-12-9-11-17-10-5-6-13-19(17)18/h4-6,8-13H,7,14-16H2,1-3H3/b8-4+. The molecule has 0 bridgehead atoms. The van der Waals surface area contributed by atoms with Gasteiger partial charge in [-0.3, -0.25) is 0 Å². The molecule has 112 valence electrons. The number of hydrogen-bond acceptors (Lipinski definition) is 1. The van der Waals surface area contributed by atoms with Crippen molar-refractivity contribution in [3.63, 3.8) is 0 Å². The molecule has 1 nitrogen and oxygen atoms in total. The molecule has 0 aliphatic rings. The van der Waals surface area contributed by atoms with E-state index in [4.69, 9.17) is 4.74 Å². The Labute approximate surface area is 128 Å². The third-order valence-electron chi connectivity index (χ3n) is 3.58. The van der Waals surface area contributed by atoms with Crippen molar-refractivity contribution in [2.45, 2.75) is 40.2 Å². The van der Waals surface area contributed by atoms with Gasteiger partial charge in [-0.05, 0) is 34.6 Å². The zero-order valence-corrected chi connectivity index (χ0v) is 13.4. The minimum Gasteiger partial charge on any atom is -0.373 e. The van der Waals surface area contributed by atoms with E-state index in [-0.39, 0.29) is 0 Å². The Bertz CT molecular complexity index is 585. The fourth-order valence-electron chi connectivity index (χ4n) is 2.36. The molecule has 0 fully saturated rings. The quantitative estimate of drug-likeness (QED) is 0.485. The molecule has 2 aromatic rings. The SMILES string of the molecule is CC(C)(C)CC/C=C/COCc1cccc2ccccc12. The topological polar surface area (TPSA) is 9.23 Å². The number of ether oxygens (including phenoxy) is 1. The lowest BCUT2D eigenvalue weighted by Crippen LogP contribution is -2.03. The zero-order chi connectivity index (χ0) is 15.1. The molecule has 0 amide bonds. The van der Waals surface area contributed by atoms with Crippen LogP contribution in [0.2, 0.25) is 0 Å². The summed E-state index contributed by atoms with van der Waals surface area (Å²) in [6.07, 6.45) is 6.71. The Morgan fingerprint density at radius 1 is 0.952 bits per heavy atom. The first-order chi connectivity index (χ1) is 10.1. The number of fused-ring (bicyclic) bond motifs is 1. The lowest BCUT2D eigenvalue weighted by Gasteiger charge is -2.15. The van der Waals surface area contributed by atoms with Crippen LogP contribution in [0.1, 0.15) is 39.2 Å². The van der Waals surface area contributed by atoms with E-state index in [2.05, 4.69) is 75.4 Å². The second kappa shape index (κ2) is 7.42. The maximum Gasteiger partial charge on any atom is 0.0727 e. The number of rotatable bonds is 6. The fraction of sp³-hybridized carbons (Fsp3) is 0.400. The summed E-state index contributed by atoms with van der Waals surface area (Å²) in [4.78, 5) is 0. The summed E-state index contributed by atoms with van der Waals surface area (Å²) >= 11 is 0. The highest BCUT2D eigenvalue weighted by Crippen LogP contribution is 2.21. The van der Waals surface area contributed by atoms with Gasteiger partial charge in [-0.25, -0.2) is 0 Å². The molecule has 1 heteroatoms. The van der Waals surface area contributed by atoms with Crippen LogP contribution >= 0.6 is 0 Å². The molecule has 0 N–H and O–H groups in total. The number of hydrogen-bond donors (Lipinski definition) is 0. The molecular weight excluding hydrogens is 256 g/mol. The van der Waals surface area contributed by atoms with E-state index in [1.165, 1.54) is 22.8 Å². The molecule has 0 atom stereocenters. The van der Waals surface area contributed by atoms with Crippen LogP contribution in [0, 0.1) is 5.41 Å². The minimum atomic E-state index is 0.411. The first kappa shape index (κ1) is 15.8. The van der Waals surface area contributed by atoms with E-state index in [0.29, 0.717) is 18.6 Å². The molecule has 21 heavy (non-hydrogen) atoms. The van der Waals surface area contributed by atoms with E-state index < -0.39 is 0 Å². The van der Waals surface area contributed by atoms with Gasteiger partial charge < -0.3 is 4.74 Å². The molecule has 2 aromatic carbocycles. The van der Waals surface area contributed by atoms with Crippen LogP contribution in [-0.4, -0.2) is 6.61 Å². The Hall–Kier alpha value is -1.60. The van der Waals surface area contributed by atoms with Crippen molar-refractivity contribution >= 4 is 10.8 Å². The Balaban J connectivity index is 1.79. The van der Waals surface area contributed by atoms with Gasteiger partial charge in [0.05, 0.1) is 13.2 Å². The molecule has 0 heterocycles. The highest BCUT2D eigenvalue weighted by Gasteiger charge is 2.07. The largest absolute Gasteiger partial charge is 0.373 e. The second-order valence-electron chi connectivity index (χ2n) is 6.72. The van der Waals surface area contributed by atoms with Gasteiger partial charge in [-0.2, -0.15) is 0 Å². The van der Waals surface area contributed by atoms with Crippen LogP contribution in [0.4, 0.5) is 0 Å². The summed E-state index contributed by atoms with van der Waals surface area (Å²) in [5, 5.41) is 2.57. The van der Waals surface area contributed by atoms with E-state index >= 15 is 0 Å². The molecule has 0 aliphatic heterocycles. The van der Waals surface area contributed by atoms with Crippen LogP contribution in [0.25, 0.3) is 10.8 Å². The fourth-order valence-corrected chi connectivity index (χ4v) is 2.36. The van der Waals surface area contributed by atoms with E-state index in [0.717, 1.165) is 6.42 Å². The molecule has 0 aliphatic carbocycles. The van der Waals surface area contributed by atoms with Gasteiger partial charge in [0.2, 0.25) is 0 Å². The summed E-state index contributed by atoms with van der Waals surface area (Å²) in [7, 11) is 0. The van der Waals surface area contributed by atoms with Gasteiger partial charge in [-0.15, -0.1) is 0 Å². The van der Waals surface area contributed by atoms with Crippen molar-refractivity contribution in [2.75, 3.05) is 6.61 Å². The first-order valence-electron chi connectivity index (χ1n) is 7.76. The minimum absolute atomic E-state index is 0.411. The highest BCUT2D eigenvalue weighted by molar-refractivity contribution is 5.85. The van der Waals surface area contributed by atoms with Crippen molar-refractivity contribution in [2.24, 2.45) is 5.41 Å². The van der Waals surface area contributed by atoms with Crippen LogP contribution in [0.3, 0.4) is 0 Å². The molecule has 0 aromatic heterocycles. The normalized spacial score (nSPS) is 12.3. The number of benzene rings is 2. The van der Waals surface area contributed by atoms with Crippen LogP contribution in [0.15, 0.2) is 54.6 Å². The van der Waals surface area contributed by atoms with Gasteiger partial charge in [0.25, 0.3) is 0 Å². The van der Waals surface area contributed by atoms with Crippen molar-refractivity contribution in [1.29, 1.82) is 0 Å². The maximum absolute atomic E-state index is 5.77. The highest BCUT2D eigenvalue weighted by atomic mass is 16.5. The predicted octanol–water partition coefficient (Wildman–Crippen LogP) is 5.74. The summed E-state index contributed by atoms with van der Waals surface area (Å²) < 4.78 is 5.77. The molecule has 2 rings (SSSR count). The zero-order valence-electron chi connectivity index (χ0n) is 13.4. The molecule has 0 unspecified atom stereocenters. The monoisotopic (exact) mass is 282 g/mol. The van der Waals surface area contributed by atoms with Gasteiger partial charge in [-0.1, -0.05) is 75.4 Å². The summed E-state index contributed by atoms with van der Waals surface area (Å²) in [6.45, 7) is 8.19. The van der Waals surface area contributed by atoms with Crippen molar-refractivity contribution in [3.05, 3.63) is 60.2 Å². The predicted molar refractivity (Wildman–Crippen MR) is 91.4 cm³/mol. The summed E-state index contributed by atoms with van der Waals surface area (Å²) in [5.41, 5.74) is 1.67. The van der Waals surface area contributed by atoms with Crippen molar-refractivity contribution in [3.8, 4) is 0 Å². The average molecular weight is 282 g/mol. The Morgan fingerprint density at radius 2 is 1.71 bits per heavy atom. The van der Waals surface area contributed by atoms with Gasteiger partial charge in [0.15, 0.2) is 0 Å². The first-order valence-corrected chi connectivity index (χ1v) is 7.76. The van der Waals surface area contributed by atoms with Gasteiger partial charge >= 0.3 is 0 Å². The van der Waals surface area contributed by atoms with Crippen LogP contribution in [0.5, 0.6) is 0 Å². The molecule has 0 saturated carbocycles. The molecular formula is C20H26O. The Morgan fingerprint density at radius 3 is 2.52 bits per heavy atom. The lowest BCUT2D eigenvalue weighted by atomic mass is 9.90. The van der Waals surface area contributed by atoms with Crippen LogP contribution in [-0.2, 0) is 11.3 Å². The van der Waals surface area contributed by atoms with Crippen molar-refractivity contribution < 1.29 is 4.74 Å². The molecule has 0 spiro atoms. The van der Waals surface area contributed by atoms with Gasteiger partial charge in [0.1, 0.15) is 0 Å². The van der Waals surface area contributed by atoms with E-state index in [9.17, 15) is 0 Å². The average Bonchev–Trinajstić information content (AvgIpc) is 2.45.